The summed E-state index contributed by atoms with van der Waals surface area (Å²) < 4.78 is 44.3. The maximum atomic E-state index is 13.1. The van der Waals surface area contributed by atoms with E-state index in [0.29, 0.717) is 4.90 Å². The molecule has 1 aliphatic carbocycles. The maximum absolute atomic E-state index is 13.1. The number of methoxy groups -OCH3 is 1. The van der Waals surface area contributed by atoms with E-state index in [-0.39, 0.29) is 24.8 Å². The lowest BCUT2D eigenvalue weighted by Gasteiger charge is -2.33. The highest BCUT2D eigenvalue weighted by Crippen LogP contribution is 2.28. The van der Waals surface area contributed by atoms with Crippen LogP contribution >= 0.6 is 0 Å². The Morgan fingerprint density at radius 3 is 2.44 bits per heavy atom. The van der Waals surface area contributed by atoms with Crippen LogP contribution in [0.25, 0.3) is 0 Å². The molecule has 1 N–H and O–H groups in total. The first-order chi connectivity index (χ1) is 12.8. The molecule has 1 saturated carbocycles. The highest BCUT2D eigenvalue weighted by molar-refractivity contribution is 5.90. The fourth-order valence-electron chi connectivity index (χ4n) is 3.25. The molecule has 0 radical (unpaired) electrons. The van der Waals surface area contributed by atoms with Crippen LogP contribution in [0.3, 0.4) is 0 Å². The van der Waals surface area contributed by atoms with E-state index in [4.69, 9.17) is 4.74 Å². The summed E-state index contributed by atoms with van der Waals surface area (Å²) in [5.41, 5.74) is 0.270. The van der Waals surface area contributed by atoms with Gasteiger partial charge in [0.1, 0.15) is 6.04 Å². The number of amides is 2. The number of ether oxygens (including phenoxy) is 1. The van der Waals surface area contributed by atoms with Crippen molar-refractivity contribution in [3.8, 4) is 0 Å². The van der Waals surface area contributed by atoms with Gasteiger partial charge in [-0.3, -0.25) is 14.6 Å². The van der Waals surface area contributed by atoms with Crippen LogP contribution in [0.15, 0.2) is 24.5 Å². The molecular weight excluding hydrogens is 363 g/mol. The van der Waals surface area contributed by atoms with Gasteiger partial charge in [-0.2, -0.15) is 13.2 Å². The quantitative estimate of drug-likeness (QED) is 0.781. The Morgan fingerprint density at radius 2 is 1.89 bits per heavy atom. The number of rotatable bonds is 7. The molecule has 1 heterocycles. The average molecular weight is 387 g/mol. The minimum Gasteiger partial charge on any atom is -0.383 e. The van der Waals surface area contributed by atoms with E-state index in [0.717, 1.165) is 32.1 Å². The van der Waals surface area contributed by atoms with Crippen molar-refractivity contribution in [1.82, 2.24) is 15.2 Å². The van der Waals surface area contributed by atoms with Gasteiger partial charge in [-0.1, -0.05) is 19.3 Å². The fraction of sp³-hybridized carbons (Fsp3) is 0.611. The van der Waals surface area contributed by atoms with Gasteiger partial charge < -0.3 is 15.0 Å². The van der Waals surface area contributed by atoms with Crippen LogP contribution in [0.5, 0.6) is 0 Å². The Morgan fingerprint density at radius 1 is 1.26 bits per heavy atom. The summed E-state index contributed by atoms with van der Waals surface area (Å²) in [5.74, 6) is -2.69. The number of nitrogens with one attached hydrogen (secondary N) is 1. The molecule has 9 heteroatoms. The number of pyridine rings is 1. The van der Waals surface area contributed by atoms with E-state index >= 15 is 0 Å². The molecule has 0 spiro atoms. The van der Waals surface area contributed by atoms with Gasteiger partial charge in [-0.15, -0.1) is 0 Å². The van der Waals surface area contributed by atoms with Crippen molar-refractivity contribution in [3.63, 3.8) is 0 Å². The van der Waals surface area contributed by atoms with Gasteiger partial charge in [0.15, 0.2) is 0 Å². The summed E-state index contributed by atoms with van der Waals surface area (Å²) in [5, 5.41) is 2.82. The maximum Gasteiger partial charge on any atom is 0.471 e. The van der Waals surface area contributed by atoms with Crippen LogP contribution < -0.4 is 5.32 Å². The molecule has 1 unspecified atom stereocenters. The predicted octanol–water partition coefficient (Wildman–Crippen LogP) is 2.61. The van der Waals surface area contributed by atoms with Crippen LogP contribution in [0, 0.1) is 0 Å². The second-order valence-electron chi connectivity index (χ2n) is 6.52. The Labute approximate surface area is 156 Å². The van der Waals surface area contributed by atoms with E-state index in [9.17, 15) is 22.8 Å². The SMILES string of the molecule is COCCN(C(=O)C(F)(F)F)C(C(=O)NC1CCCCC1)c1ccncc1. The molecule has 0 aliphatic heterocycles. The molecule has 27 heavy (non-hydrogen) atoms. The first kappa shape index (κ1) is 21.1. The number of aromatic nitrogens is 1. The summed E-state index contributed by atoms with van der Waals surface area (Å²) in [6.45, 7) is -0.486. The van der Waals surface area contributed by atoms with Crippen LogP contribution in [-0.2, 0) is 14.3 Å². The van der Waals surface area contributed by atoms with Gasteiger partial charge in [0, 0.05) is 32.1 Å². The van der Waals surface area contributed by atoms with E-state index in [1.54, 1.807) is 0 Å². The minimum absolute atomic E-state index is 0.0964. The predicted molar refractivity (Wildman–Crippen MR) is 91.6 cm³/mol. The number of hydrogen-bond donors (Lipinski definition) is 1. The number of halogens is 3. The summed E-state index contributed by atoms with van der Waals surface area (Å²) in [7, 11) is 1.32. The second kappa shape index (κ2) is 9.68. The summed E-state index contributed by atoms with van der Waals surface area (Å²) in [6, 6.07) is 1.38. The first-order valence-corrected chi connectivity index (χ1v) is 8.91. The van der Waals surface area contributed by atoms with Crippen molar-refractivity contribution >= 4 is 11.8 Å². The molecule has 0 aromatic carbocycles. The molecule has 1 aromatic heterocycles. The van der Waals surface area contributed by atoms with Crippen molar-refractivity contribution < 1.29 is 27.5 Å². The summed E-state index contributed by atoms with van der Waals surface area (Å²) >= 11 is 0. The molecule has 150 valence electrons. The third-order valence-electron chi connectivity index (χ3n) is 4.57. The third kappa shape index (κ3) is 5.92. The Balaban J connectivity index is 2.32. The molecule has 1 aromatic rings. The number of nitrogens with zero attached hydrogens (tertiary/aromatic N) is 2. The summed E-state index contributed by atoms with van der Waals surface area (Å²) in [6.07, 6.45) is 2.21. The van der Waals surface area contributed by atoms with E-state index in [2.05, 4.69) is 10.3 Å². The normalized spacial score (nSPS) is 16.6. The molecule has 1 aliphatic rings. The minimum atomic E-state index is -5.09. The van der Waals surface area contributed by atoms with Crippen LogP contribution in [0.2, 0.25) is 0 Å². The number of carbonyl (C=O) groups is 2. The van der Waals surface area contributed by atoms with Crippen molar-refractivity contribution in [1.29, 1.82) is 0 Å². The highest BCUT2D eigenvalue weighted by atomic mass is 19.4. The largest absolute Gasteiger partial charge is 0.471 e. The smallest absolute Gasteiger partial charge is 0.383 e. The zero-order valence-corrected chi connectivity index (χ0v) is 15.2. The van der Waals surface area contributed by atoms with Crippen molar-refractivity contribution in [2.75, 3.05) is 20.3 Å². The van der Waals surface area contributed by atoms with Gasteiger partial charge in [-0.25, -0.2) is 0 Å². The fourth-order valence-corrected chi connectivity index (χ4v) is 3.25. The molecule has 1 fully saturated rings. The third-order valence-corrected chi connectivity index (χ3v) is 4.57. The zero-order valence-electron chi connectivity index (χ0n) is 15.2. The first-order valence-electron chi connectivity index (χ1n) is 8.91. The van der Waals surface area contributed by atoms with E-state index in [1.165, 1.54) is 31.6 Å². The molecule has 2 amide bonds. The molecule has 2 rings (SSSR count). The van der Waals surface area contributed by atoms with E-state index in [1.807, 2.05) is 0 Å². The zero-order chi connectivity index (χ0) is 19.9. The van der Waals surface area contributed by atoms with Crippen molar-refractivity contribution in [3.05, 3.63) is 30.1 Å². The number of carbonyl (C=O) groups excluding carboxylic acids is 2. The topological polar surface area (TPSA) is 71.5 Å². The van der Waals surface area contributed by atoms with Gasteiger partial charge in [0.05, 0.1) is 6.61 Å². The molecule has 0 bridgehead atoms. The number of hydrogen-bond acceptors (Lipinski definition) is 4. The van der Waals surface area contributed by atoms with Gasteiger partial charge in [0.2, 0.25) is 5.91 Å². The molecule has 0 saturated heterocycles. The Kier molecular flexibility index (Phi) is 7.58. The molecular formula is C18H24F3N3O3. The van der Waals surface area contributed by atoms with Gasteiger partial charge >= 0.3 is 12.1 Å². The van der Waals surface area contributed by atoms with Crippen molar-refractivity contribution in [2.24, 2.45) is 0 Å². The number of alkyl halides is 3. The summed E-state index contributed by atoms with van der Waals surface area (Å²) in [4.78, 5) is 29.3. The van der Waals surface area contributed by atoms with Gasteiger partial charge in [-0.05, 0) is 30.5 Å². The lowest BCUT2D eigenvalue weighted by atomic mass is 9.94. The van der Waals surface area contributed by atoms with Crippen LogP contribution in [-0.4, -0.2) is 54.2 Å². The second-order valence-corrected chi connectivity index (χ2v) is 6.52. The van der Waals surface area contributed by atoms with Crippen LogP contribution in [0.4, 0.5) is 13.2 Å². The Hall–Kier alpha value is -2.16. The Bertz CT molecular complexity index is 619. The molecule has 6 nitrogen and oxygen atoms in total. The van der Waals surface area contributed by atoms with Crippen LogP contribution in [0.1, 0.15) is 43.7 Å². The van der Waals surface area contributed by atoms with E-state index < -0.39 is 24.0 Å². The average Bonchev–Trinajstić information content (AvgIpc) is 2.65. The van der Waals surface area contributed by atoms with Gasteiger partial charge in [0.25, 0.3) is 0 Å². The monoisotopic (exact) mass is 387 g/mol. The standard InChI is InChI=1S/C18H24F3N3O3/c1-27-12-11-24(17(26)18(19,20)21)15(13-7-9-22-10-8-13)16(25)23-14-5-3-2-4-6-14/h7-10,14-15H,2-6,11-12H2,1H3,(H,23,25). The van der Waals surface area contributed by atoms with Crippen molar-refractivity contribution in [2.45, 2.75) is 50.4 Å². The lowest BCUT2D eigenvalue weighted by molar-refractivity contribution is -0.189. The highest BCUT2D eigenvalue weighted by Gasteiger charge is 2.46. The lowest BCUT2D eigenvalue weighted by Crippen LogP contribution is -2.51. The molecule has 1 atom stereocenters.